The summed E-state index contributed by atoms with van der Waals surface area (Å²) in [5.74, 6) is -1.12. The van der Waals surface area contributed by atoms with Crippen LogP contribution in [0.4, 0.5) is 4.39 Å². The summed E-state index contributed by atoms with van der Waals surface area (Å²) in [7, 11) is 1.26. The number of aromatic nitrogens is 1. The zero-order valence-corrected chi connectivity index (χ0v) is 13.5. The number of amides is 1. The van der Waals surface area contributed by atoms with Crippen molar-refractivity contribution >= 4 is 11.9 Å². The van der Waals surface area contributed by atoms with Crippen LogP contribution < -0.4 is 0 Å². The van der Waals surface area contributed by atoms with Gasteiger partial charge in [-0.1, -0.05) is 6.07 Å². The van der Waals surface area contributed by atoms with Gasteiger partial charge in [-0.25, -0.2) is 14.2 Å². The molecule has 1 atom stereocenters. The molecular weight excluding hydrogens is 311 g/mol. The second-order valence-corrected chi connectivity index (χ2v) is 5.69. The molecular formula is C18H17FN2O3. The Hall–Kier alpha value is -2.76. The quantitative estimate of drug-likeness (QED) is 0.796. The zero-order chi connectivity index (χ0) is 17.3. The third kappa shape index (κ3) is 2.87. The van der Waals surface area contributed by atoms with Crippen LogP contribution in [0.5, 0.6) is 0 Å². The first kappa shape index (κ1) is 16.1. The van der Waals surface area contributed by atoms with E-state index in [9.17, 15) is 14.0 Å². The molecule has 2 aromatic rings. The summed E-state index contributed by atoms with van der Waals surface area (Å²) in [6.45, 7) is 2.41. The Morgan fingerprint density at radius 3 is 2.83 bits per heavy atom. The fourth-order valence-corrected chi connectivity index (χ4v) is 3.01. The number of halogens is 1. The minimum atomic E-state index is -0.594. The molecule has 0 aliphatic carbocycles. The largest absolute Gasteiger partial charge is 0.464 e. The van der Waals surface area contributed by atoms with Crippen LogP contribution in [0, 0.1) is 5.82 Å². The van der Waals surface area contributed by atoms with Crippen LogP contribution in [0.25, 0.3) is 0 Å². The number of ether oxygens (including phenoxy) is 1. The van der Waals surface area contributed by atoms with Crippen LogP contribution in [0.2, 0.25) is 0 Å². The molecule has 0 fully saturated rings. The zero-order valence-electron chi connectivity index (χ0n) is 13.5. The van der Waals surface area contributed by atoms with E-state index in [1.807, 2.05) is 6.92 Å². The molecule has 0 radical (unpaired) electrons. The summed E-state index contributed by atoms with van der Waals surface area (Å²) in [5.41, 5.74) is 2.31. The summed E-state index contributed by atoms with van der Waals surface area (Å²) in [6.07, 6.45) is 2.07. The van der Waals surface area contributed by atoms with Crippen LogP contribution in [-0.2, 0) is 11.2 Å². The van der Waals surface area contributed by atoms with Gasteiger partial charge in [0.2, 0.25) is 0 Å². The van der Waals surface area contributed by atoms with Crippen molar-refractivity contribution in [2.45, 2.75) is 19.4 Å². The number of fused-ring (bicyclic) bond motifs is 1. The molecule has 0 saturated carbocycles. The number of pyridine rings is 1. The van der Waals surface area contributed by atoms with Gasteiger partial charge in [-0.2, -0.15) is 0 Å². The van der Waals surface area contributed by atoms with E-state index in [1.54, 1.807) is 17.0 Å². The average molecular weight is 328 g/mol. The molecule has 0 unspecified atom stereocenters. The second-order valence-electron chi connectivity index (χ2n) is 5.69. The van der Waals surface area contributed by atoms with Crippen LogP contribution in [0.1, 0.15) is 44.9 Å². The lowest BCUT2D eigenvalue weighted by Gasteiger charge is -2.35. The molecule has 1 aliphatic rings. The number of methoxy groups -OCH3 is 1. The Morgan fingerprint density at radius 1 is 1.29 bits per heavy atom. The molecule has 0 N–H and O–H groups in total. The highest BCUT2D eigenvalue weighted by atomic mass is 19.1. The topological polar surface area (TPSA) is 59.5 Å². The predicted octanol–water partition coefficient (Wildman–Crippen LogP) is 2.77. The number of hydrogen-bond donors (Lipinski definition) is 0. The number of esters is 1. The van der Waals surface area contributed by atoms with E-state index in [0.29, 0.717) is 18.5 Å². The molecule has 1 aliphatic heterocycles. The van der Waals surface area contributed by atoms with Crippen molar-refractivity contribution in [2.75, 3.05) is 13.7 Å². The summed E-state index contributed by atoms with van der Waals surface area (Å²) >= 11 is 0. The summed E-state index contributed by atoms with van der Waals surface area (Å²) < 4.78 is 18.2. The van der Waals surface area contributed by atoms with Crippen LogP contribution in [0.3, 0.4) is 0 Å². The Bertz CT molecular complexity index is 807. The highest BCUT2D eigenvalue weighted by Gasteiger charge is 2.29. The van der Waals surface area contributed by atoms with Crippen molar-refractivity contribution in [2.24, 2.45) is 0 Å². The Balaban J connectivity index is 1.90. The molecule has 1 aromatic heterocycles. The lowest BCUT2D eigenvalue weighted by atomic mass is 9.93. The van der Waals surface area contributed by atoms with Gasteiger partial charge in [0, 0.05) is 18.3 Å². The molecule has 1 aromatic carbocycles. The van der Waals surface area contributed by atoms with Crippen molar-refractivity contribution in [3.8, 4) is 0 Å². The van der Waals surface area contributed by atoms with Crippen molar-refractivity contribution in [3.05, 3.63) is 64.7 Å². The highest BCUT2D eigenvalue weighted by Crippen LogP contribution is 2.31. The number of nitrogens with zero attached hydrogens (tertiary/aromatic N) is 2. The van der Waals surface area contributed by atoms with Gasteiger partial charge in [-0.05, 0) is 48.7 Å². The van der Waals surface area contributed by atoms with E-state index >= 15 is 0 Å². The normalized spacial score (nSPS) is 16.5. The minimum absolute atomic E-state index is 0.0828. The van der Waals surface area contributed by atoms with Crippen molar-refractivity contribution in [1.82, 2.24) is 9.88 Å². The monoisotopic (exact) mass is 328 g/mol. The second kappa shape index (κ2) is 6.39. The molecule has 24 heavy (non-hydrogen) atoms. The first-order valence-electron chi connectivity index (χ1n) is 7.65. The van der Waals surface area contributed by atoms with Gasteiger partial charge >= 0.3 is 5.97 Å². The molecule has 2 heterocycles. The number of hydrogen-bond acceptors (Lipinski definition) is 4. The lowest BCUT2D eigenvalue weighted by molar-refractivity contribution is 0.0594. The molecule has 0 bridgehead atoms. The molecule has 0 spiro atoms. The maximum absolute atomic E-state index is 13.5. The average Bonchev–Trinajstić information content (AvgIpc) is 2.61. The van der Waals surface area contributed by atoms with Gasteiger partial charge < -0.3 is 9.64 Å². The standard InChI is InChI=1S/C18H17FN2O3/c1-11-15-10-14(19)4-3-12(15)6-8-21(11)17(22)13-5-7-20-16(9-13)18(23)24-2/h3-5,7,9-11H,6,8H2,1-2H3/t11-/m0/s1. The smallest absolute Gasteiger partial charge is 0.356 e. The van der Waals surface area contributed by atoms with E-state index in [2.05, 4.69) is 9.72 Å². The van der Waals surface area contributed by atoms with E-state index < -0.39 is 5.97 Å². The summed E-state index contributed by atoms with van der Waals surface area (Å²) in [6, 6.07) is 7.42. The molecule has 124 valence electrons. The minimum Gasteiger partial charge on any atom is -0.464 e. The Morgan fingerprint density at radius 2 is 2.08 bits per heavy atom. The van der Waals surface area contributed by atoms with Gasteiger partial charge in [0.15, 0.2) is 0 Å². The number of carbonyl (C=O) groups excluding carboxylic acids is 2. The number of benzene rings is 1. The Labute approximate surface area is 139 Å². The van der Waals surface area contributed by atoms with Crippen LogP contribution >= 0.6 is 0 Å². The summed E-state index contributed by atoms with van der Waals surface area (Å²) in [5, 5.41) is 0. The maximum atomic E-state index is 13.5. The van der Waals surface area contributed by atoms with Crippen molar-refractivity contribution < 1.29 is 18.7 Å². The van der Waals surface area contributed by atoms with Gasteiger partial charge in [0.25, 0.3) is 5.91 Å². The van der Waals surface area contributed by atoms with E-state index in [0.717, 1.165) is 11.1 Å². The molecule has 3 rings (SSSR count). The van der Waals surface area contributed by atoms with Gasteiger partial charge in [0.05, 0.1) is 13.2 Å². The SMILES string of the molecule is COC(=O)c1cc(C(=O)N2CCc3ccc(F)cc3[C@@H]2C)ccn1. The van der Waals surface area contributed by atoms with Gasteiger partial charge in [-0.3, -0.25) is 4.79 Å². The summed E-state index contributed by atoms with van der Waals surface area (Å²) in [4.78, 5) is 30.0. The van der Waals surface area contributed by atoms with Gasteiger partial charge in [-0.15, -0.1) is 0 Å². The molecule has 6 heteroatoms. The van der Waals surface area contributed by atoms with Gasteiger partial charge in [0.1, 0.15) is 11.5 Å². The maximum Gasteiger partial charge on any atom is 0.356 e. The molecule has 5 nitrogen and oxygen atoms in total. The van der Waals surface area contributed by atoms with Crippen molar-refractivity contribution in [3.63, 3.8) is 0 Å². The van der Waals surface area contributed by atoms with Crippen LogP contribution in [0.15, 0.2) is 36.5 Å². The van der Waals surface area contributed by atoms with E-state index in [1.165, 1.54) is 31.5 Å². The highest BCUT2D eigenvalue weighted by molar-refractivity contribution is 5.97. The number of carbonyl (C=O) groups is 2. The van der Waals surface area contributed by atoms with Crippen LogP contribution in [-0.4, -0.2) is 35.4 Å². The molecule has 0 saturated heterocycles. The fraction of sp³-hybridized carbons (Fsp3) is 0.278. The third-order valence-electron chi connectivity index (χ3n) is 4.31. The predicted molar refractivity (Wildman–Crippen MR) is 85.1 cm³/mol. The Kier molecular flexibility index (Phi) is 4.29. The molecule has 1 amide bonds. The van der Waals surface area contributed by atoms with E-state index in [4.69, 9.17) is 0 Å². The van der Waals surface area contributed by atoms with Crippen molar-refractivity contribution in [1.29, 1.82) is 0 Å². The lowest BCUT2D eigenvalue weighted by Crippen LogP contribution is -2.39. The number of rotatable bonds is 2. The van der Waals surface area contributed by atoms with E-state index in [-0.39, 0.29) is 23.5 Å². The fourth-order valence-electron chi connectivity index (χ4n) is 3.01. The third-order valence-corrected chi connectivity index (χ3v) is 4.31. The first-order chi connectivity index (χ1) is 11.5. The first-order valence-corrected chi connectivity index (χ1v) is 7.65.